The summed E-state index contributed by atoms with van der Waals surface area (Å²) in [7, 11) is 1.69. The van der Waals surface area contributed by atoms with Gasteiger partial charge in [-0.1, -0.05) is 85.7 Å². The second-order valence-corrected chi connectivity index (χ2v) is 10.3. The number of carbonyl (C=O) groups is 3. The zero-order chi connectivity index (χ0) is 26.5. The van der Waals surface area contributed by atoms with E-state index in [0.717, 1.165) is 11.5 Å². The highest BCUT2D eigenvalue weighted by Crippen LogP contribution is 2.33. The summed E-state index contributed by atoms with van der Waals surface area (Å²) in [5.41, 5.74) is 0.718. The number of aliphatic carboxylic acids is 1. The molecule has 0 unspecified atom stereocenters. The Labute approximate surface area is 206 Å². The van der Waals surface area contributed by atoms with Crippen LogP contribution in [0.3, 0.4) is 0 Å². The summed E-state index contributed by atoms with van der Waals surface area (Å²) in [5.74, 6) is -0.581. The normalized spacial score (nSPS) is 13.0. The molecule has 2 atom stereocenters. The number of nitrogens with one attached hydrogen (secondary N) is 2. The van der Waals surface area contributed by atoms with Gasteiger partial charge >= 0.3 is 5.97 Å². The summed E-state index contributed by atoms with van der Waals surface area (Å²) >= 11 is 0. The molecule has 7 heteroatoms. The molecule has 0 saturated carbocycles. The molecule has 3 N–H and O–H groups in total. The van der Waals surface area contributed by atoms with E-state index in [1.54, 1.807) is 11.9 Å². The maximum atomic E-state index is 12.9. The van der Waals surface area contributed by atoms with Gasteiger partial charge in [0.05, 0.1) is 13.1 Å². The van der Waals surface area contributed by atoms with E-state index in [2.05, 4.69) is 31.4 Å². The Hall–Kier alpha value is -2.41. The number of carbonyl (C=O) groups excluding carboxylic acids is 2. The van der Waals surface area contributed by atoms with Gasteiger partial charge in [-0.3, -0.25) is 14.4 Å². The van der Waals surface area contributed by atoms with Crippen molar-refractivity contribution in [3.05, 3.63) is 35.9 Å². The maximum Gasteiger partial charge on any atom is 0.317 e. The third kappa shape index (κ3) is 11.1. The van der Waals surface area contributed by atoms with Gasteiger partial charge in [-0.2, -0.15) is 0 Å². The van der Waals surface area contributed by atoms with Crippen molar-refractivity contribution in [2.75, 3.05) is 26.7 Å². The summed E-state index contributed by atoms with van der Waals surface area (Å²) in [4.78, 5) is 37.9. The molecule has 0 heterocycles. The van der Waals surface area contributed by atoms with Crippen LogP contribution in [0.4, 0.5) is 0 Å². The molecular weight excluding hydrogens is 430 g/mol. The van der Waals surface area contributed by atoms with Gasteiger partial charge in [-0.15, -0.1) is 0 Å². The van der Waals surface area contributed by atoms with Crippen LogP contribution < -0.4 is 10.6 Å². The standard InChI is InChI=1S/C23H37N3O4.C4H10/c1-7-18(23(4,5)17-11-9-8-10-12-17)22(30)25-14-20(27)26(6)19(16(2)3)13-24-15-21(28)29;1-4(2)3/h8-12,16,18-19,24H,7,13-15H2,1-6H3,(H,25,30)(H,28,29);4H,1-3H3/t18-,19-;/m1./s1. The molecule has 0 aliphatic heterocycles. The second-order valence-electron chi connectivity index (χ2n) is 10.3. The maximum absolute atomic E-state index is 12.9. The van der Waals surface area contributed by atoms with E-state index in [1.807, 2.05) is 65.0 Å². The number of hydrogen-bond acceptors (Lipinski definition) is 4. The van der Waals surface area contributed by atoms with Crippen LogP contribution in [0.2, 0.25) is 0 Å². The third-order valence-electron chi connectivity index (χ3n) is 5.82. The minimum absolute atomic E-state index is 0.0845. The monoisotopic (exact) mass is 477 g/mol. The Bertz CT molecular complexity index is 745. The van der Waals surface area contributed by atoms with E-state index in [1.165, 1.54) is 0 Å². The molecule has 34 heavy (non-hydrogen) atoms. The first kappa shape index (κ1) is 31.6. The second kappa shape index (κ2) is 15.5. The fourth-order valence-electron chi connectivity index (χ4n) is 3.83. The van der Waals surface area contributed by atoms with Gasteiger partial charge in [-0.25, -0.2) is 0 Å². The number of carboxylic acids is 1. The van der Waals surface area contributed by atoms with E-state index < -0.39 is 5.97 Å². The average molecular weight is 478 g/mol. The van der Waals surface area contributed by atoms with Crippen LogP contribution in [0.15, 0.2) is 30.3 Å². The Kier molecular flexibility index (Phi) is 14.4. The van der Waals surface area contributed by atoms with Gasteiger partial charge in [0, 0.05) is 31.0 Å². The highest BCUT2D eigenvalue weighted by molar-refractivity contribution is 5.86. The Morgan fingerprint density at radius 3 is 1.97 bits per heavy atom. The largest absolute Gasteiger partial charge is 0.480 e. The van der Waals surface area contributed by atoms with Crippen LogP contribution in [-0.2, 0) is 19.8 Å². The number of hydrogen-bond donors (Lipinski definition) is 3. The molecule has 1 aromatic carbocycles. The van der Waals surface area contributed by atoms with Crippen molar-refractivity contribution in [3.63, 3.8) is 0 Å². The van der Waals surface area contributed by atoms with Crippen LogP contribution >= 0.6 is 0 Å². The molecule has 7 nitrogen and oxygen atoms in total. The molecule has 0 spiro atoms. The molecule has 194 valence electrons. The zero-order valence-corrected chi connectivity index (χ0v) is 22.6. The van der Waals surface area contributed by atoms with Gasteiger partial charge in [0.1, 0.15) is 0 Å². The molecule has 0 aromatic heterocycles. The van der Waals surface area contributed by atoms with E-state index in [-0.39, 0.29) is 48.2 Å². The minimum atomic E-state index is -0.939. The highest BCUT2D eigenvalue weighted by atomic mass is 16.4. The molecular formula is C27H47N3O4. The van der Waals surface area contributed by atoms with Crippen LogP contribution in [0.5, 0.6) is 0 Å². The number of benzene rings is 1. The molecule has 0 radical (unpaired) electrons. The predicted molar refractivity (Wildman–Crippen MR) is 139 cm³/mol. The quantitative estimate of drug-likeness (QED) is 0.424. The van der Waals surface area contributed by atoms with Gasteiger partial charge in [0.15, 0.2) is 0 Å². The smallest absolute Gasteiger partial charge is 0.317 e. The van der Waals surface area contributed by atoms with Crippen LogP contribution in [-0.4, -0.2) is 60.5 Å². The topological polar surface area (TPSA) is 98.7 Å². The number of likely N-dealkylation sites (N-methyl/N-ethyl adjacent to an activating group) is 1. The van der Waals surface area contributed by atoms with Crippen LogP contribution in [0.1, 0.15) is 67.4 Å². The molecule has 0 aliphatic carbocycles. The number of carboxylic acid groups (broad SMARTS) is 1. The van der Waals surface area contributed by atoms with Crippen molar-refractivity contribution in [2.24, 2.45) is 17.8 Å². The van der Waals surface area contributed by atoms with Gasteiger partial charge in [-0.05, 0) is 23.8 Å². The van der Waals surface area contributed by atoms with Crippen molar-refractivity contribution in [2.45, 2.75) is 73.3 Å². The summed E-state index contributed by atoms with van der Waals surface area (Å²) in [6.07, 6.45) is 0.658. The van der Waals surface area contributed by atoms with Crippen molar-refractivity contribution < 1.29 is 19.5 Å². The van der Waals surface area contributed by atoms with Crippen molar-refractivity contribution >= 4 is 17.8 Å². The highest BCUT2D eigenvalue weighted by Gasteiger charge is 2.35. The zero-order valence-electron chi connectivity index (χ0n) is 22.6. The first-order chi connectivity index (χ1) is 15.7. The predicted octanol–water partition coefficient (Wildman–Crippen LogP) is 3.93. The average Bonchev–Trinajstić information content (AvgIpc) is 2.74. The van der Waals surface area contributed by atoms with E-state index >= 15 is 0 Å². The molecule has 1 aromatic rings. The molecule has 0 fully saturated rings. The van der Waals surface area contributed by atoms with Gasteiger partial charge in [0.2, 0.25) is 11.8 Å². The van der Waals surface area contributed by atoms with Crippen molar-refractivity contribution in [3.8, 4) is 0 Å². The van der Waals surface area contributed by atoms with E-state index in [4.69, 9.17) is 5.11 Å². The van der Waals surface area contributed by atoms with Gasteiger partial charge < -0.3 is 20.6 Å². The molecule has 0 saturated heterocycles. The molecule has 2 amide bonds. The lowest BCUT2D eigenvalue weighted by Gasteiger charge is -2.34. The fourth-order valence-corrected chi connectivity index (χ4v) is 3.83. The lowest BCUT2D eigenvalue weighted by molar-refractivity contribution is -0.136. The van der Waals surface area contributed by atoms with Crippen LogP contribution in [0.25, 0.3) is 0 Å². The molecule has 0 aliphatic rings. The lowest BCUT2D eigenvalue weighted by atomic mass is 9.71. The number of rotatable bonds is 12. The van der Waals surface area contributed by atoms with Crippen molar-refractivity contribution in [1.29, 1.82) is 0 Å². The lowest BCUT2D eigenvalue weighted by Crippen LogP contribution is -2.51. The third-order valence-corrected chi connectivity index (χ3v) is 5.82. The Balaban J connectivity index is 0.00000251. The van der Waals surface area contributed by atoms with E-state index in [0.29, 0.717) is 13.0 Å². The Morgan fingerprint density at radius 1 is 1.00 bits per heavy atom. The summed E-state index contributed by atoms with van der Waals surface area (Å²) in [5, 5.41) is 14.5. The van der Waals surface area contributed by atoms with Gasteiger partial charge in [0.25, 0.3) is 0 Å². The number of amides is 2. The first-order valence-corrected chi connectivity index (χ1v) is 12.3. The minimum Gasteiger partial charge on any atom is -0.480 e. The van der Waals surface area contributed by atoms with Crippen molar-refractivity contribution in [1.82, 2.24) is 15.5 Å². The van der Waals surface area contributed by atoms with E-state index in [9.17, 15) is 14.4 Å². The van der Waals surface area contributed by atoms with Crippen LogP contribution in [0, 0.1) is 17.8 Å². The Morgan fingerprint density at radius 2 is 1.53 bits per heavy atom. The summed E-state index contributed by atoms with van der Waals surface area (Å²) < 4.78 is 0. The summed E-state index contributed by atoms with van der Waals surface area (Å²) in [6, 6.07) is 9.75. The number of nitrogens with zero attached hydrogens (tertiary/aromatic N) is 1. The summed E-state index contributed by atoms with van der Waals surface area (Å²) in [6.45, 7) is 16.7. The first-order valence-electron chi connectivity index (χ1n) is 12.3. The molecule has 1 rings (SSSR count). The SMILES string of the molecule is CC(C)C.CC[C@H](C(=O)NCC(=O)N(C)[C@H](CNCC(=O)O)C(C)C)C(C)(C)c1ccccc1. The molecule has 0 bridgehead atoms. The fraction of sp³-hybridized carbons (Fsp3) is 0.667.